The maximum Gasteiger partial charge on any atom is 0.326 e. The summed E-state index contributed by atoms with van der Waals surface area (Å²) in [7, 11) is 0. The molecule has 0 bridgehead atoms. The average Bonchev–Trinajstić information content (AvgIpc) is 2.70. The molecule has 192 valence electrons. The lowest BCUT2D eigenvalue weighted by atomic mass is 9.76. The first-order valence-electron chi connectivity index (χ1n) is 10.7. The first kappa shape index (κ1) is 30.7. The van der Waals surface area contributed by atoms with Crippen molar-refractivity contribution in [1.29, 1.82) is 0 Å². The van der Waals surface area contributed by atoms with Crippen LogP contribution in [-0.2, 0) is 24.0 Å². The number of hydrogen-bond donors (Lipinski definition) is 5. The van der Waals surface area contributed by atoms with Crippen molar-refractivity contribution in [1.82, 2.24) is 5.32 Å². The predicted octanol–water partition coefficient (Wildman–Crippen LogP) is 2.41. The monoisotopic (exact) mass is 580 g/mol. The summed E-state index contributed by atoms with van der Waals surface area (Å²) in [5.41, 5.74) is 5.57. The maximum atomic E-state index is 11.9. The Labute approximate surface area is 217 Å². The molecule has 12 heteroatoms. The summed E-state index contributed by atoms with van der Waals surface area (Å²) in [6, 6.07) is -1.38. The Bertz CT molecular complexity index is 853. The third-order valence-electron chi connectivity index (χ3n) is 5.25. The highest BCUT2D eigenvalue weighted by Gasteiger charge is 2.38. The smallest absolute Gasteiger partial charge is 0.326 e. The van der Waals surface area contributed by atoms with Crippen molar-refractivity contribution in [3.63, 3.8) is 0 Å². The number of ketones is 3. The minimum Gasteiger partial charge on any atom is -0.480 e. The number of carboxylic acids is 2. The van der Waals surface area contributed by atoms with Gasteiger partial charge >= 0.3 is 11.9 Å². The number of thiol groups is 1. The number of aliphatic carboxylic acids is 2. The molecular weight excluding hydrogens is 548 g/mol. The van der Waals surface area contributed by atoms with Gasteiger partial charge in [0, 0.05) is 36.5 Å². The molecule has 0 aromatic carbocycles. The fourth-order valence-electron chi connectivity index (χ4n) is 3.58. The van der Waals surface area contributed by atoms with Crippen molar-refractivity contribution >= 4 is 69.6 Å². The molecule has 2 aliphatic carbocycles. The second-order valence-corrected chi connectivity index (χ2v) is 12.3. The van der Waals surface area contributed by atoms with Crippen LogP contribution < -0.4 is 11.1 Å². The first-order valence-corrected chi connectivity index (χ1v) is 13.2. The molecule has 5 N–H and O–H groups in total. The number of nitrogens with two attached hydrogens (primary N) is 1. The van der Waals surface area contributed by atoms with Crippen molar-refractivity contribution in [2.75, 3.05) is 11.5 Å². The lowest BCUT2D eigenvalue weighted by Gasteiger charge is -2.36. The summed E-state index contributed by atoms with van der Waals surface area (Å²) in [5.74, 6) is -1.05. The topological polar surface area (TPSA) is 164 Å². The molecule has 3 aliphatic rings. The van der Waals surface area contributed by atoms with Gasteiger partial charge in [0.05, 0.1) is 4.91 Å². The van der Waals surface area contributed by atoms with Crippen LogP contribution in [0.5, 0.6) is 0 Å². The van der Waals surface area contributed by atoms with Crippen molar-refractivity contribution in [2.24, 2.45) is 16.6 Å². The summed E-state index contributed by atoms with van der Waals surface area (Å²) in [6.45, 7) is 7.96. The lowest BCUT2D eigenvalue weighted by Crippen LogP contribution is -2.44. The minimum absolute atomic E-state index is 0.0197. The first-order chi connectivity index (χ1) is 15.5. The summed E-state index contributed by atoms with van der Waals surface area (Å²) in [4.78, 5) is 55.0. The van der Waals surface area contributed by atoms with Crippen LogP contribution in [-0.4, -0.2) is 67.9 Å². The molecule has 0 aromatic rings. The van der Waals surface area contributed by atoms with E-state index < -0.39 is 28.8 Å². The Morgan fingerprint density at radius 2 is 1.59 bits per heavy atom. The van der Waals surface area contributed by atoms with Gasteiger partial charge in [0.2, 0.25) is 0 Å². The molecule has 1 fully saturated rings. The Morgan fingerprint density at radius 3 is 2.00 bits per heavy atom. The van der Waals surface area contributed by atoms with E-state index in [1.165, 1.54) is 11.8 Å². The van der Waals surface area contributed by atoms with Crippen LogP contribution in [0.2, 0.25) is 0 Å². The van der Waals surface area contributed by atoms with E-state index in [-0.39, 0.29) is 33.9 Å². The number of allylic oxidation sites excluding steroid dienone is 2. The summed E-state index contributed by atoms with van der Waals surface area (Å²) in [6.07, 6.45) is 2.33. The van der Waals surface area contributed by atoms with Crippen LogP contribution in [0.15, 0.2) is 10.6 Å². The second kappa shape index (κ2) is 12.5. The fourth-order valence-corrected chi connectivity index (χ4v) is 5.16. The van der Waals surface area contributed by atoms with E-state index >= 15 is 0 Å². The zero-order valence-corrected chi connectivity index (χ0v) is 23.0. The number of nitrogens with one attached hydrogen (secondary N) is 1. The molecule has 1 aliphatic heterocycles. The zero-order valence-electron chi connectivity index (χ0n) is 19.7. The zero-order chi connectivity index (χ0) is 26.4. The lowest BCUT2D eigenvalue weighted by molar-refractivity contribution is -0.139. The molecule has 1 heterocycles. The van der Waals surface area contributed by atoms with Gasteiger partial charge in [-0.25, -0.2) is 4.79 Å². The van der Waals surface area contributed by atoms with Gasteiger partial charge in [-0.15, -0.1) is 11.8 Å². The fraction of sp³-hybridized carbons (Fsp3) is 0.682. The van der Waals surface area contributed by atoms with Gasteiger partial charge in [-0.05, 0) is 17.3 Å². The molecule has 3 rings (SSSR count). The normalized spacial score (nSPS) is 24.4. The van der Waals surface area contributed by atoms with Crippen LogP contribution in [0, 0.1) is 10.8 Å². The van der Waals surface area contributed by atoms with Gasteiger partial charge in [-0.1, -0.05) is 43.6 Å². The van der Waals surface area contributed by atoms with Crippen molar-refractivity contribution in [3.05, 3.63) is 10.6 Å². The summed E-state index contributed by atoms with van der Waals surface area (Å²) < 4.78 is 0. The molecule has 2 unspecified atom stereocenters. The van der Waals surface area contributed by atoms with Gasteiger partial charge in [0.1, 0.15) is 16.9 Å². The minimum atomic E-state index is -1.00. The van der Waals surface area contributed by atoms with Gasteiger partial charge in [0.15, 0.2) is 17.3 Å². The van der Waals surface area contributed by atoms with E-state index in [4.69, 9.17) is 15.9 Å². The van der Waals surface area contributed by atoms with Gasteiger partial charge in [-0.3, -0.25) is 19.2 Å². The molecule has 0 radical (unpaired) electrons. The van der Waals surface area contributed by atoms with Crippen LogP contribution in [0.25, 0.3) is 0 Å². The van der Waals surface area contributed by atoms with Gasteiger partial charge in [0.25, 0.3) is 0 Å². The van der Waals surface area contributed by atoms with E-state index in [0.29, 0.717) is 25.0 Å². The number of thioether (sulfide) groups is 1. The van der Waals surface area contributed by atoms with E-state index in [9.17, 15) is 24.0 Å². The highest BCUT2D eigenvalue weighted by Crippen LogP contribution is 2.41. The number of rotatable bonds is 3. The van der Waals surface area contributed by atoms with Gasteiger partial charge < -0.3 is 21.3 Å². The number of Topliss-reactive ketones (excluding diaryl/α,β-unsaturated/α-hetero) is 3. The molecule has 1 saturated carbocycles. The van der Waals surface area contributed by atoms with E-state index in [1.807, 2.05) is 27.7 Å². The largest absolute Gasteiger partial charge is 0.480 e. The third-order valence-corrected chi connectivity index (χ3v) is 7.92. The molecule has 0 spiro atoms. The predicted molar refractivity (Wildman–Crippen MR) is 137 cm³/mol. The SMILES string of the molecule is CC1(C)CC(=O)C(Br)C(=O)C1.CC1(C)CC(=O)C2=C(C1)NC(C(=O)O)CS2.NC(CS)C(=O)O. The molecule has 2 atom stereocenters. The van der Waals surface area contributed by atoms with Gasteiger partial charge in [-0.2, -0.15) is 12.6 Å². The summed E-state index contributed by atoms with van der Waals surface area (Å²) in [5, 5.41) is 19.9. The summed E-state index contributed by atoms with van der Waals surface area (Å²) >= 11 is 8.10. The number of carboxylic acid groups (broad SMARTS) is 2. The van der Waals surface area contributed by atoms with E-state index in [0.717, 1.165) is 17.0 Å². The van der Waals surface area contributed by atoms with Crippen LogP contribution in [0.4, 0.5) is 0 Å². The Balaban J connectivity index is 0.000000280. The molecule has 0 amide bonds. The second-order valence-electron chi connectivity index (χ2n) is 10.0. The number of carbonyl (C=O) groups excluding carboxylic acids is 3. The van der Waals surface area contributed by atoms with Crippen molar-refractivity contribution in [2.45, 2.75) is 70.3 Å². The van der Waals surface area contributed by atoms with E-state index in [1.54, 1.807) is 0 Å². The number of hydrogen-bond acceptors (Lipinski definition) is 9. The molecular formula is C22H33BrN2O7S2. The Hall–Kier alpha value is -1.37. The quantitative estimate of drug-likeness (QED) is 0.190. The number of alkyl halides is 1. The maximum absolute atomic E-state index is 11.9. The van der Waals surface area contributed by atoms with Crippen LogP contribution in [0.1, 0.15) is 53.4 Å². The molecule has 9 nitrogen and oxygen atoms in total. The van der Waals surface area contributed by atoms with Crippen LogP contribution >= 0.6 is 40.3 Å². The molecule has 0 saturated heterocycles. The Kier molecular flexibility index (Phi) is 11.3. The highest BCUT2D eigenvalue weighted by molar-refractivity contribution is 9.10. The molecule has 0 aromatic heterocycles. The number of carbonyl (C=O) groups is 5. The van der Waals surface area contributed by atoms with E-state index in [2.05, 4.69) is 33.9 Å². The number of halogens is 1. The van der Waals surface area contributed by atoms with Crippen molar-refractivity contribution in [3.8, 4) is 0 Å². The molecule has 34 heavy (non-hydrogen) atoms. The standard InChI is InChI=1S/C11H15NO3S.C8H11BrO2.C3H7NO2S/c1-11(2)3-6-9(8(13)4-11)16-5-7(12-6)10(14)15;1-8(2)3-5(10)7(9)6(11)4-8;4-2(1-7)3(5)6/h7,12H,3-5H2,1-2H3,(H,14,15);7H,3-4H2,1-2H3;2,7H,1,4H2,(H,5,6). The third kappa shape index (κ3) is 9.35. The van der Waals surface area contributed by atoms with Crippen molar-refractivity contribution < 1.29 is 34.2 Å². The average molecular weight is 582 g/mol. The highest BCUT2D eigenvalue weighted by atomic mass is 79.9. The van der Waals surface area contributed by atoms with Crippen LogP contribution in [0.3, 0.4) is 0 Å². The Morgan fingerprint density at radius 1 is 1.09 bits per heavy atom.